The Morgan fingerprint density at radius 2 is 2.00 bits per heavy atom. The lowest BCUT2D eigenvalue weighted by atomic mass is 10.2. The van der Waals surface area contributed by atoms with Crippen LogP contribution in [0.5, 0.6) is 0 Å². The highest BCUT2D eigenvalue weighted by molar-refractivity contribution is 6.01. The van der Waals surface area contributed by atoms with Crippen LogP contribution in [-0.2, 0) is 14.4 Å². The molecule has 2 fully saturated rings. The molecule has 2 N–H and O–H groups in total. The fourth-order valence-corrected chi connectivity index (χ4v) is 2.28. The Hall–Kier alpha value is -1.47. The third-order valence-corrected chi connectivity index (χ3v) is 3.54. The average molecular weight is 268 g/mol. The van der Waals surface area contributed by atoms with E-state index in [1.165, 1.54) is 0 Å². The summed E-state index contributed by atoms with van der Waals surface area (Å²) in [6, 6.07) is -0.552. The second-order valence-corrected chi connectivity index (χ2v) is 5.15. The second kappa shape index (κ2) is 6.12. The van der Waals surface area contributed by atoms with E-state index in [1.54, 1.807) is 0 Å². The second-order valence-electron chi connectivity index (χ2n) is 5.15. The molecule has 0 radical (unpaired) electrons. The number of amides is 3. The van der Waals surface area contributed by atoms with Crippen LogP contribution in [0.3, 0.4) is 0 Å². The van der Waals surface area contributed by atoms with Crippen molar-refractivity contribution in [1.82, 2.24) is 20.4 Å². The fourth-order valence-electron chi connectivity index (χ4n) is 2.28. The van der Waals surface area contributed by atoms with Gasteiger partial charge in [-0.15, -0.1) is 0 Å². The molecule has 2 rings (SSSR count). The number of carbonyl (C=O) groups excluding carboxylic acids is 3. The molecule has 19 heavy (non-hydrogen) atoms. The Kier molecular flexibility index (Phi) is 4.49. The van der Waals surface area contributed by atoms with E-state index < -0.39 is 11.9 Å². The van der Waals surface area contributed by atoms with E-state index in [9.17, 15) is 14.4 Å². The van der Waals surface area contributed by atoms with Crippen LogP contribution >= 0.6 is 0 Å². The molecule has 0 bridgehead atoms. The summed E-state index contributed by atoms with van der Waals surface area (Å²) in [4.78, 5) is 38.7. The van der Waals surface area contributed by atoms with Crippen molar-refractivity contribution >= 4 is 17.7 Å². The van der Waals surface area contributed by atoms with E-state index in [0.29, 0.717) is 12.8 Å². The van der Waals surface area contributed by atoms with Crippen LogP contribution in [0.2, 0.25) is 0 Å². The third kappa shape index (κ3) is 4.00. The molecule has 0 aromatic heterocycles. The Morgan fingerprint density at radius 1 is 1.32 bits per heavy atom. The number of imide groups is 1. The van der Waals surface area contributed by atoms with Crippen LogP contribution in [0.25, 0.3) is 0 Å². The summed E-state index contributed by atoms with van der Waals surface area (Å²) in [7, 11) is 2.05. The first-order chi connectivity index (χ1) is 9.04. The maximum atomic E-state index is 11.7. The van der Waals surface area contributed by atoms with Gasteiger partial charge < -0.3 is 10.2 Å². The summed E-state index contributed by atoms with van der Waals surface area (Å²) in [6.45, 7) is 3.76. The quantitative estimate of drug-likeness (QED) is 0.628. The number of nitrogens with zero attached hydrogens (tertiary/aromatic N) is 2. The van der Waals surface area contributed by atoms with Crippen molar-refractivity contribution in [1.29, 1.82) is 0 Å². The molecule has 0 aliphatic carbocycles. The Balaban J connectivity index is 1.72. The molecule has 0 saturated carbocycles. The van der Waals surface area contributed by atoms with Crippen LogP contribution in [0, 0.1) is 0 Å². The van der Waals surface area contributed by atoms with E-state index in [0.717, 1.165) is 26.2 Å². The normalized spacial score (nSPS) is 25.1. The van der Waals surface area contributed by atoms with Gasteiger partial charge in [-0.3, -0.25) is 24.6 Å². The maximum absolute atomic E-state index is 11.7. The number of hydrogen-bond donors (Lipinski definition) is 2. The standard InChI is InChI=1S/C12H20N4O3/c1-15-4-6-16(7-5-15)8-11(18)14-12(19)9-2-3-10(17)13-9/h9H,2-8H2,1H3,(H,13,17)(H,14,18,19)/t9-/m0/s1. The van der Waals surface area contributed by atoms with E-state index in [4.69, 9.17) is 0 Å². The van der Waals surface area contributed by atoms with Crippen molar-refractivity contribution in [3.8, 4) is 0 Å². The predicted octanol–water partition coefficient (Wildman–Crippen LogP) is -1.84. The van der Waals surface area contributed by atoms with Crippen LogP contribution in [0.1, 0.15) is 12.8 Å². The predicted molar refractivity (Wildman–Crippen MR) is 68.3 cm³/mol. The summed E-state index contributed by atoms with van der Waals surface area (Å²) >= 11 is 0. The molecular formula is C12H20N4O3. The van der Waals surface area contributed by atoms with Gasteiger partial charge in [-0.2, -0.15) is 0 Å². The monoisotopic (exact) mass is 268 g/mol. The highest BCUT2D eigenvalue weighted by Crippen LogP contribution is 2.06. The SMILES string of the molecule is CN1CCN(CC(=O)NC(=O)[C@@H]2CCC(=O)N2)CC1. The number of carbonyl (C=O) groups is 3. The molecule has 0 spiro atoms. The third-order valence-electron chi connectivity index (χ3n) is 3.54. The average Bonchev–Trinajstić information content (AvgIpc) is 2.79. The highest BCUT2D eigenvalue weighted by Gasteiger charge is 2.28. The Bertz CT molecular complexity index is 377. The molecule has 0 unspecified atom stereocenters. The first-order valence-electron chi connectivity index (χ1n) is 6.58. The molecule has 3 amide bonds. The van der Waals surface area contributed by atoms with Gasteiger partial charge in [0.15, 0.2) is 0 Å². The van der Waals surface area contributed by atoms with Gasteiger partial charge in [-0.1, -0.05) is 0 Å². The van der Waals surface area contributed by atoms with Crippen molar-refractivity contribution in [2.45, 2.75) is 18.9 Å². The Morgan fingerprint density at radius 3 is 2.58 bits per heavy atom. The minimum Gasteiger partial charge on any atom is -0.344 e. The van der Waals surface area contributed by atoms with Crippen molar-refractivity contribution in [2.75, 3.05) is 39.8 Å². The zero-order chi connectivity index (χ0) is 13.8. The highest BCUT2D eigenvalue weighted by atomic mass is 16.2. The van der Waals surface area contributed by atoms with E-state index in [-0.39, 0.29) is 18.4 Å². The zero-order valence-corrected chi connectivity index (χ0v) is 11.1. The van der Waals surface area contributed by atoms with Crippen LogP contribution < -0.4 is 10.6 Å². The zero-order valence-electron chi connectivity index (χ0n) is 11.1. The van der Waals surface area contributed by atoms with Gasteiger partial charge in [0.1, 0.15) is 6.04 Å². The molecular weight excluding hydrogens is 248 g/mol. The fraction of sp³-hybridized carbons (Fsp3) is 0.750. The molecule has 1 atom stereocenters. The molecule has 0 aromatic carbocycles. The molecule has 2 saturated heterocycles. The van der Waals surface area contributed by atoms with E-state index in [2.05, 4.69) is 15.5 Å². The van der Waals surface area contributed by atoms with Crippen molar-refractivity contribution < 1.29 is 14.4 Å². The molecule has 106 valence electrons. The lowest BCUT2D eigenvalue weighted by molar-refractivity contribution is -0.133. The lowest BCUT2D eigenvalue weighted by Gasteiger charge is -2.31. The largest absolute Gasteiger partial charge is 0.344 e. The number of rotatable bonds is 3. The minimum absolute atomic E-state index is 0.133. The van der Waals surface area contributed by atoms with Crippen LogP contribution in [-0.4, -0.2) is 73.3 Å². The lowest BCUT2D eigenvalue weighted by Crippen LogP contribution is -2.51. The molecule has 7 nitrogen and oxygen atoms in total. The van der Waals surface area contributed by atoms with E-state index in [1.807, 2.05) is 11.9 Å². The van der Waals surface area contributed by atoms with Gasteiger partial charge in [0.25, 0.3) is 0 Å². The van der Waals surface area contributed by atoms with Gasteiger partial charge in [-0.25, -0.2) is 0 Å². The van der Waals surface area contributed by atoms with Crippen molar-refractivity contribution in [2.24, 2.45) is 0 Å². The topological polar surface area (TPSA) is 81.8 Å². The summed E-state index contributed by atoms with van der Waals surface area (Å²) in [6.07, 6.45) is 0.817. The Labute approximate surface area is 112 Å². The van der Waals surface area contributed by atoms with Gasteiger partial charge in [-0.05, 0) is 13.5 Å². The van der Waals surface area contributed by atoms with Crippen molar-refractivity contribution in [3.05, 3.63) is 0 Å². The van der Waals surface area contributed by atoms with Gasteiger partial charge >= 0.3 is 0 Å². The number of hydrogen-bond acceptors (Lipinski definition) is 5. The van der Waals surface area contributed by atoms with Gasteiger partial charge in [0, 0.05) is 32.6 Å². The molecule has 2 heterocycles. The molecule has 2 aliphatic rings. The van der Waals surface area contributed by atoms with Crippen molar-refractivity contribution in [3.63, 3.8) is 0 Å². The first kappa shape index (κ1) is 14.0. The summed E-state index contributed by atoms with van der Waals surface area (Å²) in [5, 5.41) is 4.90. The minimum atomic E-state index is -0.552. The summed E-state index contributed by atoms with van der Waals surface area (Å²) < 4.78 is 0. The number of nitrogens with one attached hydrogen (secondary N) is 2. The summed E-state index contributed by atoms with van der Waals surface area (Å²) in [5.41, 5.74) is 0. The molecule has 0 aromatic rings. The van der Waals surface area contributed by atoms with Crippen LogP contribution in [0.15, 0.2) is 0 Å². The van der Waals surface area contributed by atoms with Gasteiger partial charge in [0.2, 0.25) is 17.7 Å². The number of likely N-dealkylation sites (N-methyl/N-ethyl adjacent to an activating group) is 1. The van der Waals surface area contributed by atoms with Crippen LogP contribution in [0.4, 0.5) is 0 Å². The number of piperazine rings is 1. The molecule has 7 heteroatoms. The van der Waals surface area contributed by atoms with Gasteiger partial charge in [0.05, 0.1) is 6.54 Å². The first-order valence-corrected chi connectivity index (χ1v) is 6.58. The molecule has 2 aliphatic heterocycles. The summed E-state index contributed by atoms with van der Waals surface area (Å²) in [5.74, 6) is -0.827. The smallest absolute Gasteiger partial charge is 0.249 e. The maximum Gasteiger partial charge on any atom is 0.249 e. The van der Waals surface area contributed by atoms with E-state index >= 15 is 0 Å².